The lowest BCUT2D eigenvalue weighted by Crippen LogP contribution is -2.37. The zero-order valence-corrected chi connectivity index (χ0v) is 18.7. The van der Waals surface area contributed by atoms with Gasteiger partial charge in [-0.05, 0) is 35.2 Å². The zero-order chi connectivity index (χ0) is 22.7. The Hall–Kier alpha value is -2.03. The Bertz CT molecular complexity index is 1050. The lowest BCUT2D eigenvalue weighted by atomic mass is 10.0. The molecule has 1 unspecified atom stereocenters. The average Bonchev–Trinajstić information content (AvgIpc) is 3.21. The number of rotatable bonds is 6. The molecule has 1 aliphatic heterocycles. The molecule has 32 heavy (non-hydrogen) atoms. The molecule has 0 bridgehead atoms. The van der Waals surface area contributed by atoms with Crippen molar-refractivity contribution in [2.24, 2.45) is 0 Å². The molecule has 1 N–H and O–H groups in total. The van der Waals surface area contributed by atoms with Crippen LogP contribution in [0, 0.1) is 0 Å². The van der Waals surface area contributed by atoms with Gasteiger partial charge in [0.1, 0.15) is 0 Å². The van der Waals surface area contributed by atoms with Crippen LogP contribution in [0.15, 0.2) is 77.7 Å². The SMILES string of the molecule is [O-][S+](N[C@@H]1CCN(Cc2ccc(-c3ccccc3)cc2)C1)c1cc(C(F)(F)F)ccc1Cl. The quantitative estimate of drug-likeness (QED) is 0.447. The first-order chi connectivity index (χ1) is 15.3. The van der Waals surface area contributed by atoms with Crippen molar-refractivity contribution in [3.63, 3.8) is 0 Å². The number of halogens is 4. The van der Waals surface area contributed by atoms with Crippen LogP contribution in [0.4, 0.5) is 13.2 Å². The Morgan fingerprint density at radius 3 is 2.38 bits per heavy atom. The largest absolute Gasteiger partial charge is 0.593 e. The molecule has 0 spiro atoms. The molecule has 0 saturated carbocycles. The first-order valence-electron chi connectivity index (χ1n) is 10.2. The van der Waals surface area contributed by atoms with Gasteiger partial charge in [0, 0.05) is 25.7 Å². The van der Waals surface area contributed by atoms with Crippen LogP contribution in [0.5, 0.6) is 0 Å². The van der Waals surface area contributed by atoms with Gasteiger partial charge in [-0.15, -0.1) is 4.72 Å². The third kappa shape index (κ3) is 5.66. The van der Waals surface area contributed by atoms with Crippen molar-refractivity contribution in [2.45, 2.75) is 30.1 Å². The monoisotopic (exact) mass is 478 g/mol. The van der Waals surface area contributed by atoms with Gasteiger partial charge in [-0.25, -0.2) is 0 Å². The summed E-state index contributed by atoms with van der Waals surface area (Å²) in [7, 11) is 0. The molecule has 0 aromatic heterocycles. The molecule has 0 aliphatic carbocycles. The molecule has 3 aromatic rings. The molecule has 1 saturated heterocycles. The van der Waals surface area contributed by atoms with Crippen LogP contribution in [0.3, 0.4) is 0 Å². The second kappa shape index (κ2) is 9.85. The fourth-order valence-electron chi connectivity index (χ4n) is 3.80. The summed E-state index contributed by atoms with van der Waals surface area (Å²) in [5.74, 6) is 0. The summed E-state index contributed by atoms with van der Waals surface area (Å²) in [4.78, 5) is 2.19. The van der Waals surface area contributed by atoms with Crippen molar-refractivity contribution in [1.82, 2.24) is 9.62 Å². The molecule has 8 heteroatoms. The average molecular weight is 479 g/mol. The van der Waals surface area contributed by atoms with E-state index >= 15 is 0 Å². The van der Waals surface area contributed by atoms with E-state index in [2.05, 4.69) is 46.0 Å². The summed E-state index contributed by atoms with van der Waals surface area (Å²) in [6.07, 6.45) is -3.76. The third-order valence-corrected chi connectivity index (χ3v) is 7.20. The number of nitrogens with zero attached hydrogens (tertiary/aromatic N) is 1. The van der Waals surface area contributed by atoms with Gasteiger partial charge in [-0.3, -0.25) is 4.90 Å². The predicted octanol–water partition coefficient (Wildman–Crippen LogP) is 5.91. The summed E-state index contributed by atoms with van der Waals surface area (Å²) >= 11 is 4.18. The Morgan fingerprint density at radius 2 is 1.69 bits per heavy atom. The van der Waals surface area contributed by atoms with E-state index in [0.29, 0.717) is 6.54 Å². The van der Waals surface area contributed by atoms with E-state index in [1.807, 2.05) is 18.2 Å². The minimum absolute atomic E-state index is 0.0450. The van der Waals surface area contributed by atoms with E-state index in [1.165, 1.54) is 11.1 Å². The Labute approximate surface area is 193 Å². The molecule has 1 fully saturated rings. The van der Waals surface area contributed by atoms with Crippen LogP contribution in [0.25, 0.3) is 11.1 Å². The van der Waals surface area contributed by atoms with Crippen LogP contribution in [-0.4, -0.2) is 28.6 Å². The lowest BCUT2D eigenvalue weighted by Gasteiger charge is -2.19. The molecule has 3 aromatic carbocycles. The van der Waals surface area contributed by atoms with Gasteiger partial charge >= 0.3 is 6.18 Å². The van der Waals surface area contributed by atoms with E-state index in [-0.39, 0.29) is 16.0 Å². The first-order valence-corrected chi connectivity index (χ1v) is 11.7. The number of hydrogen-bond donors (Lipinski definition) is 1. The molecule has 3 nitrogen and oxygen atoms in total. The summed E-state index contributed by atoms with van der Waals surface area (Å²) in [5.41, 5.74) is 2.63. The van der Waals surface area contributed by atoms with E-state index in [9.17, 15) is 17.7 Å². The molecule has 4 rings (SSSR count). The van der Waals surface area contributed by atoms with Crippen LogP contribution in [0.1, 0.15) is 17.5 Å². The summed E-state index contributed by atoms with van der Waals surface area (Å²) in [6.45, 7) is 2.22. The first kappa shape index (κ1) is 23.1. The van der Waals surface area contributed by atoms with Crippen molar-refractivity contribution in [1.29, 1.82) is 0 Å². The van der Waals surface area contributed by atoms with E-state index in [0.717, 1.165) is 43.3 Å². The maximum absolute atomic E-state index is 13.0. The molecule has 1 aliphatic rings. The van der Waals surface area contributed by atoms with Crippen LogP contribution in [-0.2, 0) is 24.1 Å². The highest BCUT2D eigenvalue weighted by Gasteiger charge is 2.34. The molecular weight excluding hydrogens is 457 g/mol. The topological polar surface area (TPSA) is 38.3 Å². The van der Waals surface area contributed by atoms with Gasteiger partial charge in [0.05, 0.1) is 28.0 Å². The van der Waals surface area contributed by atoms with Crippen molar-refractivity contribution >= 4 is 23.0 Å². The van der Waals surface area contributed by atoms with E-state index in [4.69, 9.17) is 11.6 Å². The Kier molecular flexibility index (Phi) is 7.12. The predicted molar refractivity (Wildman–Crippen MR) is 122 cm³/mol. The maximum atomic E-state index is 13.0. The number of nitrogens with one attached hydrogen (secondary N) is 1. The Balaban J connectivity index is 1.34. The van der Waals surface area contributed by atoms with Crippen molar-refractivity contribution in [2.75, 3.05) is 13.1 Å². The van der Waals surface area contributed by atoms with Gasteiger partial charge in [0.2, 0.25) is 0 Å². The standard InChI is InChI=1S/C24H22ClF3N2OS/c25-22-11-10-20(24(26,27)28)14-23(22)32(31)29-21-12-13-30(16-21)15-17-6-8-19(9-7-17)18-4-2-1-3-5-18/h1-11,14,21,29H,12-13,15-16H2/t21-,32?/m1/s1. The lowest BCUT2D eigenvalue weighted by molar-refractivity contribution is -0.137. The number of hydrogen-bond acceptors (Lipinski definition) is 3. The van der Waals surface area contributed by atoms with Crippen LogP contribution >= 0.6 is 11.6 Å². The molecule has 1 heterocycles. The highest BCUT2D eigenvalue weighted by Crippen LogP contribution is 2.33. The van der Waals surface area contributed by atoms with Crippen molar-refractivity contribution in [3.8, 4) is 11.1 Å². The van der Waals surface area contributed by atoms with Gasteiger partial charge < -0.3 is 4.55 Å². The molecule has 0 amide bonds. The van der Waals surface area contributed by atoms with Gasteiger partial charge in [-0.2, -0.15) is 13.2 Å². The third-order valence-electron chi connectivity index (χ3n) is 5.47. The van der Waals surface area contributed by atoms with Gasteiger partial charge in [0.15, 0.2) is 4.90 Å². The minimum atomic E-state index is -4.51. The van der Waals surface area contributed by atoms with Crippen LogP contribution in [0.2, 0.25) is 5.02 Å². The molecule has 2 atom stereocenters. The zero-order valence-electron chi connectivity index (χ0n) is 17.1. The van der Waals surface area contributed by atoms with E-state index < -0.39 is 23.1 Å². The molecule has 0 radical (unpaired) electrons. The summed E-state index contributed by atoms with van der Waals surface area (Å²) < 4.78 is 54.5. The normalized spacial score (nSPS) is 18.1. The number of benzene rings is 3. The Morgan fingerprint density at radius 1 is 1.00 bits per heavy atom. The number of alkyl halides is 3. The second-order valence-electron chi connectivity index (χ2n) is 7.81. The molecular formula is C24H22ClF3N2OS. The maximum Gasteiger partial charge on any atom is 0.416 e. The smallest absolute Gasteiger partial charge is 0.416 e. The van der Waals surface area contributed by atoms with Crippen molar-refractivity contribution in [3.05, 3.63) is 88.9 Å². The van der Waals surface area contributed by atoms with Gasteiger partial charge in [0.25, 0.3) is 0 Å². The number of likely N-dealkylation sites (tertiary alicyclic amines) is 1. The van der Waals surface area contributed by atoms with Gasteiger partial charge in [-0.1, -0.05) is 66.2 Å². The fourth-order valence-corrected chi connectivity index (χ4v) is 5.23. The summed E-state index contributed by atoms with van der Waals surface area (Å²) in [6, 6.07) is 21.3. The minimum Gasteiger partial charge on any atom is -0.593 e. The van der Waals surface area contributed by atoms with Crippen molar-refractivity contribution < 1.29 is 17.7 Å². The second-order valence-corrected chi connectivity index (χ2v) is 9.43. The van der Waals surface area contributed by atoms with E-state index in [1.54, 1.807) is 0 Å². The highest BCUT2D eigenvalue weighted by molar-refractivity contribution is 7.89. The summed E-state index contributed by atoms with van der Waals surface area (Å²) in [5, 5.41) is 0.0530. The molecule has 168 valence electrons. The highest BCUT2D eigenvalue weighted by atomic mass is 35.5. The van der Waals surface area contributed by atoms with Crippen LogP contribution < -0.4 is 4.72 Å². The fraction of sp³-hybridized carbons (Fsp3) is 0.250.